The quantitative estimate of drug-likeness (QED) is 0.484. The second kappa shape index (κ2) is 6.60. The van der Waals surface area contributed by atoms with Crippen LogP contribution < -0.4 is 4.74 Å². The number of hydrogen-bond donors (Lipinski definition) is 1. The summed E-state index contributed by atoms with van der Waals surface area (Å²) in [6.07, 6.45) is 1.36. The number of ether oxygens (including phenoxy) is 2. The molecule has 0 spiro atoms. The first-order valence-corrected chi connectivity index (χ1v) is 7.02. The van der Waals surface area contributed by atoms with Gasteiger partial charge in [0.05, 0.1) is 18.4 Å². The molecule has 0 bridgehead atoms. The molecule has 2 aromatic rings. The molecule has 0 aliphatic heterocycles. The van der Waals surface area contributed by atoms with Gasteiger partial charge in [0.25, 0.3) is 0 Å². The average Bonchev–Trinajstić information content (AvgIpc) is 2.83. The molecule has 0 amide bonds. The van der Waals surface area contributed by atoms with E-state index in [9.17, 15) is 4.79 Å². The summed E-state index contributed by atoms with van der Waals surface area (Å²) < 4.78 is 11.4. The summed E-state index contributed by atoms with van der Waals surface area (Å²) in [6.45, 7) is 2.25. The van der Waals surface area contributed by atoms with E-state index in [4.69, 9.17) is 14.7 Å². The molecule has 0 unspecified atom stereocenters. The van der Waals surface area contributed by atoms with Crippen LogP contribution in [0.15, 0.2) is 30.5 Å². The first-order chi connectivity index (χ1) is 9.61. The van der Waals surface area contributed by atoms with Gasteiger partial charge in [0.15, 0.2) is 0 Å². The standard InChI is InChI=1S/C13H13IN2O4/c1-2-19-13(17)9-4-3-5-11(14)10(9)8-20-12-6-7-16(18)15-12/h3-7,18H,2,8H2,1H3. The van der Waals surface area contributed by atoms with Crippen LogP contribution in [0.25, 0.3) is 0 Å². The molecule has 1 aromatic carbocycles. The molecule has 1 heterocycles. The fourth-order valence-electron chi connectivity index (χ4n) is 1.63. The second-order valence-corrected chi connectivity index (χ2v) is 5.01. The van der Waals surface area contributed by atoms with Crippen LogP contribution in [0.2, 0.25) is 0 Å². The predicted octanol–water partition coefficient (Wildman–Crippen LogP) is 2.48. The molecule has 0 aliphatic rings. The number of carbonyl (C=O) groups is 1. The number of hydrogen-bond acceptors (Lipinski definition) is 5. The molecule has 0 aliphatic carbocycles. The van der Waals surface area contributed by atoms with Crippen molar-refractivity contribution in [1.29, 1.82) is 0 Å². The Hall–Kier alpha value is -1.77. The number of carbonyl (C=O) groups excluding carboxylic acids is 1. The Balaban J connectivity index is 2.19. The van der Waals surface area contributed by atoms with Gasteiger partial charge in [0.1, 0.15) is 6.61 Å². The lowest BCUT2D eigenvalue weighted by molar-refractivity contribution is 0.0523. The smallest absolute Gasteiger partial charge is 0.338 e. The van der Waals surface area contributed by atoms with Crippen molar-refractivity contribution in [3.8, 4) is 5.88 Å². The molecular weight excluding hydrogens is 375 g/mol. The zero-order valence-electron chi connectivity index (χ0n) is 10.7. The Bertz CT molecular complexity index is 612. The minimum Gasteiger partial charge on any atom is -0.472 e. The summed E-state index contributed by atoms with van der Waals surface area (Å²) in [5, 5.41) is 12.8. The Labute approximate surface area is 129 Å². The van der Waals surface area contributed by atoms with Crippen molar-refractivity contribution in [2.75, 3.05) is 6.61 Å². The van der Waals surface area contributed by atoms with Crippen molar-refractivity contribution < 1.29 is 19.5 Å². The maximum Gasteiger partial charge on any atom is 0.338 e. The van der Waals surface area contributed by atoms with E-state index in [1.165, 1.54) is 12.3 Å². The van der Waals surface area contributed by atoms with E-state index in [2.05, 4.69) is 27.7 Å². The lowest BCUT2D eigenvalue weighted by atomic mass is 10.1. The van der Waals surface area contributed by atoms with Gasteiger partial charge in [-0.05, 0) is 41.6 Å². The minimum absolute atomic E-state index is 0.171. The highest BCUT2D eigenvalue weighted by Gasteiger charge is 2.15. The van der Waals surface area contributed by atoms with E-state index in [1.807, 2.05) is 6.07 Å². The van der Waals surface area contributed by atoms with Crippen LogP contribution >= 0.6 is 22.6 Å². The Kier molecular flexibility index (Phi) is 4.83. The van der Waals surface area contributed by atoms with Gasteiger partial charge in [-0.25, -0.2) is 4.79 Å². The molecular formula is C13H13IN2O4. The van der Waals surface area contributed by atoms with Crippen LogP contribution in [0, 0.1) is 3.57 Å². The van der Waals surface area contributed by atoms with Crippen molar-refractivity contribution in [2.24, 2.45) is 0 Å². The fourth-order valence-corrected chi connectivity index (χ4v) is 2.28. The average molecular weight is 388 g/mol. The molecule has 6 nitrogen and oxygen atoms in total. The van der Waals surface area contributed by atoms with Crippen LogP contribution in [-0.4, -0.2) is 27.7 Å². The van der Waals surface area contributed by atoms with Crippen LogP contribution in [0.1, 0.15) is 22.8 Å². The van der Waals surface area contributed by atoms with E-state index >= 15 is 0 Å². The van der Waals surface area contributed by atoms with Crippen LogP contribution in [0.5, 0.6) is 5.88 Å². The van der Waals surface area contributed by atoms with Crippen molar-refractivity contribution in [2.45, 2.75) is 13.5 Å². The Morgan fingerprint density at radius 1 is 1.45 bits per heavy atom. The van der Waals surface area contributed by atoms with Crippen LogP contribution in [-0.2, 0) is 11.3 Å². The normalized spacial score (nSPS) is 10.3. The molecule has 0 radical (unpaired) electrons. The van der Waals surface area contributed by atoms with Crippen molar-refractivity contribution in [3.63, 3.8) is 0 Å². The zero-order chi connectivity index (χ0) is 14.5. The van der Waals surface area contributed by atoms with E-state index in [1.54, 1.807) is 19.1 Å². The number of halogens is 1. The monoisotopic (exact) mass is 388 g/mol. The fraction of sp³-hybridized carbons (Fsp3) is 0.231. The summed E-state index contributed by atoms with van der Waals surface area (Å²) in [5.74, 6) is -0.0979. The van der Waals surface area contributed by atoms with E-state index in [-0.39, 0.29) is 18.5 Å². The molecule has 0 saturated carbocycles. The third kappa shape index (κ3) is 3.41. The SMILES string of the molecule is CCOC(=O)c1cccc(I)c1COc1ccn(O)n1. The van der Waals surface area contributed by atoms with Gasteiger partial charge in [-0.1, -0.05) is 11.2 Å². The van der Waals surface area contributed by atoms with Gasteiger partial charge in [-0.3, -0.25) is 0 Å². The maximum absolute atomic E-state index is 11.9. The summed E-state index contributed by atoms with van der Waals surface area (Å²) in [5.41, 5.74) is 1.21. The molecule has 0 fully saturated rings. The van der Waals surface area contributed by atoms with Gasteiger partial charge in [-0.15, -0.1) is 4.85 Å². The minimum atomic E-state index is -0.377. The molecule has 0 atom stereocenters. The van der Waals surface area contributed by atoms with E-state index < -0.39 is 0 Å². The van der Waals surface area contributed by atoms with Crippen LogP contribution in [0.3, 0.4) is 0 Å². The van der Waals surface area contributed by atoms with Gasteiger partial charge in [0, 0.05) is 15.2 Å². The lowest BCUT2D eigenvalue weighted by Gasteiger charge is -2.11. The van der Waals surface area contributed by atoms with Gasteiger partial charge < -0.3 is 14.7 Å². The third-order valence-corrected chi connectivity index (χ3v) is 3.54. The van der Waals surface area contributed by atoms with Crippen molar-refractivity contribution in [3.05, 3.63) is 45.2 Å². The third-order valence-electron chi connectivity index (χ3n) is 2.53. The van der Waals surface area contributed by atoms with Crippen molar-refractivity contribution >= 4 is 28.6 Å². The number of esters is 1. The highest BCUT2D eigenvalue weighted by Crippen LogP contribution is 2.20. The number of nitrogens with zero attached hydrogens (tertiary/aromatic N) is 2. The number of aromatic nitrogens is 2. The van der Waals surface area contributed by atoms with Gasteiger partial charge >= 0.3 is 5.97 Å². The summed E-state index contributed by atoms with van der Waals surface area (Å²) in [6, 6.07) is 6.90. The van der Waals surface area contributed by atoms with Gasteiger partial charge in [-0.2, -0.15) is 0 Å². The van der Waals surface area contributed by atoms with Crippen molar-refractivity contribution in [1.82, 2.24) is 9.94 Å². The Morgan fingerprint density at radius 3 is 2.90 bits per heavy atom. The number of rotatable bonds is 5. The summed E-state index contributed by atoms with van der Waals surface area (Å²) in [7, 11) is 0. The lowest BCUT2D eigenvalue weighted by Crippen LogP contribution is -2.11. The maximum atomic E-state index is 11.9. The summed E-state index contributed by atoms with van der Waals surface area (Å²) >= 11 is 2.13. The first kappa shape index (κ1) is 14.6. The molecule has 7 heteroatoms. The van der Waals surface area contributed by atoms with Crippen LogP contribution in [0.4, 0.5) is 0 Å². The number of benzene rings is 1. The topological polar surface area (TPSA) is 73.6 Å². The molecule has 2 rings (SSSR count). The zero-order valence-corrected chi connectivity index (χ0v) is 12.9. The highest BCUT2D eigenvalue weighted by atomic mass is 127. The Morgan fingerprint density at radius 2 is 2.25 bits per heavy atom. The molecule has 20 heavy (non-hydrogen) atoms. The highest BCUT2D eigenvalue weighted by molar-refractivity contribution is 14.1. The van der Waals surface area contributed by atoms with Gasteiger partial charge in [0.2, 0.25) is 5.88 Å². The molecule has 1 N–H and O–H groups in total. The second-order valence-electron chi connectivity index (χ2n) is 3.85. The molecule has 106 valence electrons. The predicted molar refractivity (Wildman–Crippen MR) is 78.9 cm³/mol. The molecule has 0 saturated heterocycles. The van der Waals surface area contributed by atoms with E-state index in [0.717, 1.165) is 9.13 Å². The van der Waals surface area contributed by atoms with E-state index in [0.29, 0.717) is 17.0 Å². The largest absolute Gasteiger partial charge is 0.472 e. The molecule has 1 aromatic heterocycles. The summed E-state index contributed by atoms with van der Waals surface area (Å²) in [4.78, 5) is 12.6. The first-order valence-electron chi connectivity index (χ1n) is 5.94.